The molecule has 3 heterocycles. The van der Waals surface area contributed by atoms with Crippen LogP contribution in [0.4, 0.5) is 0 Å². The second-order valence-corrected chi connectivity index (χ2v) is 7.27. The Kier molecular flexibility index (Phi) is 3.28. The van der Waals surface area contributed by atoms with Crippen LogP contribution in [0, 0.1) is 0 Å². The van der Waals surface area contributed by atoms with Gasteiger partial charge < -0.3 is 0 Å². The lowest BCUT2D eigenvalue weighted by molar-refractivity contribution is 0.746. The topological polar surface area (TPSA) is 47.8 Å². The largest absolute Gasteiger partial charge is 0.292 e. The smallest absolute Gasteiger partial charge is 0.262 e. The minimum absolute atomic E-state index is 0.0141. The van der Waals surface area contributed by atoms with Crippen molar-refractivity contribution in [3.05, 3.63) is 56.9 Å². The molecule has 4 rings (SSSR count). The van der Waals surface area contributed by atoms with Gasteiger partial charge in [0.2, 0.25) is 0 Å². The Balaban J connectivity index is 1.77. The average Bonchev–Trinajstić information content (AvgIpc) is 3.13. The van der Waals surface area contributed by atoms with Gasteiger partial charge in [0.25, 0.3) is 5.56 Å². The molecule has 0 aliphatic heterocycles. The first-order valence-electron chi connectivity index (χ1n) is 7.07. The summed E-state index contributed by atoms with van der Waals surface area (Å²) in [5.41, 5.74) is 0.994. The predicted molar refractivity (Wildman–Crippen MR) is 92.0 cm³/mol. The summed E-state index contributed by atoms with van der Waals surface area (Å²) in [5, 5.41) is 1.64. The molecule has 0 atom stereocenters. The summed E-state index contributed by atoms with van der Waals surface area (Å²) in [6.45, 7) is 2.56. The van der Waals surface area contributed by atoms with Crippen LogP contribution in [0.5, 0.6) is 0 Å². The molecule has 0 N–H and O–H groups in total. The molecule has 4 nitrogen and oxygen atoms in total. The molecule has 22 heavy (non-hydrogen) atoms. The van der Waals surface area contributed by atoms with E-state index in [0.717, 1.165) is 26.5 Å². The number of benzene rings is 1. The zero-order valence-corrected chi connectivity index (χ0v) is 13.6. The summed E-state index contributed by atoms with van der Waals surface area (Å²) in [5.74, 6) is 0. The van der Waals surface area contributed by atoms with Gasteiger partial charge in [-0.1, -0.05) is 19.1 Å². The maximum absolute atomic E-state index is 12.6. The molecule has 0 saturated heterocycles. The van der Waals surface area contributed by atoms with E-state index in [9.17, 15) is 4.79 Å². The summed E-state index contributed by atoms with van der Waals surface area (Å²) in [4.78, 5) is 23.6. The lowest BCUT2D eigenvalue weighted by Gasteiger charge is -2.01. The van der Waals surface area contributed by atoms with Gasteiger partial charge in [0, 0.05) is 4.88 Å². The van der Waals surface area contributed by atoms with E-state index in [-0.39, 0.29) is 5.56 Å². The highest BCUT2D eigenvalue weighted by atomic mass is 32.1. The predicted octanol–water partition coefficient (Wildman–Crippen LogP) is 3.68. The van der Waals surface area contributed by atoms with Crippen LogP contribution < -0.4 is 5.56 Å². The second kappa shape index (κ2) is 5.30. The average molecular weight is 327 g/mol. The van der Waals surface area contributed by atoms with E-state index in [1.807, 2.05) is 30.3 Å². The van der Waals surface area contributed by atoms with Gasteiger partial charge in [-0.05, 0) is 24.6 Å². The number of thiophene rings is 1. The number of aromatic nitrogens is 3. The molecule has 0 aliphatic carbocycles. The molecule has 3 aromatic heterocycles. The zero-order valence-electron chi connectivity index (χ0n) is 11.9. The number of hydrogen-bond donors (Lipinski definition) is 0. The van der Waals surface area contributed by atoms with Crippen LogP contribution in [0.25, 0.3) is 20.4 Å². The zero-order chi connectivity index (χ0) is 15.1. The molecule has 110 valence electrons. The van der Waals surface area contributed by atoms with Gasteiger partial charge in [-0.25, -0.2) is 9.97 Å². The summed E-state index contributed by atoms with van der Waals surface area (Å²) >= 11 is 3.21. The minimum Gasteiger partial charge on any atom is -0.292 e. The lowest BCUT2D eigenvalue weighted by atomic mass is 10.3. The number of hydrogen-bond acceptors (Lipinski definition) is 5. The van der Waals surface area contributed by atoms with Crippen molar-refractivity contribution < 1.29 is 0 Å². The van der Waals surface area contributed by atoms with Crippen LogP contribution in [0.1, 0.15) is 16.8 Å². The number of para-hydroxylation sites is 1. The number of fused-ring (bicyclic) bond motifs is 2. The summed E-state index contributed by atoms with van der Waals surface area (Å²) < 4.78 is 2.79. The molecule has 0 spiro atoms. The van der Waals surface area contributed by atoms with Gasteiger partial charge in [0.05, 0.1) is 28.5 Å². The standard InChI is InChI=1S/C16H13N3OS2/c1-2-10-7-11-15(21-10)17-9-19(16(11)20)8-14-18-12-5-3-4-6-13(12)22-14/h3-7,9H,2,8H2,1H3. The van der Waals surface area contributed by atoms with Crippen LogP contribution in [0.2, 0.25) is 0 Å². The fourth-order valence-electron chi connectivity index (χ4n) is 2.43. The second-order valence-electron chi connectivity index (χ2n) is 5.04. The van der Waals surface area contributed by atoms with Gasteiger partial charge in [-0.3, -0.25) is 9.36 Å². The first kappa shape index (κ1) is 13.6. The number of aryl methyl sites for hydroxylation is 1. The SMILES string of the molecule is CCc1cc2c(=O)n(Cc3nc4ccccc4s3)cnc2s1. The van der Waals surface area contributed by atoms with E-state index in [1.54, 1.807) is 33.6 Å². The van der Waals surface area contributed by atoms with Crippen molar-refractivity contribution in [1.82, 2.24) is 14.5 Å². The maximum Gasteiger partial charge on any atom is 0.262 e. The van der Waals surface area contributed by atoms with Crippen molar-refractivity contribution in [3.63, 3.8) is 0 Å². The molecule has 0 saturated carbocycles. The Morgan fingerprint density at radius 2 is 2.09 bits per heavy atom. The van der Waals surface area contributed by atoms with Gasteiger partial charge in [-0.15, -0.1) is 22.7 Å². The summed E-state index contributed by atoms with van der Waals surface area (Å²) in [6, 6.07) is 9.98. The lowest BCUT2D eigenvalue weighted by Crippen LogP contribution is -2.20. The molecule has 6 heteroatoms. The van der Waals surface area contributed by atoms with Gasteiger partial charge in [-0.2, -0.15) is 0 Å². The normalized spacial score (nSPS) is 11.5. The molecular weight excluding hydrogens is 314 g/mol. The van der Waals surface area contributed by atoms with Crippen molar-refractivity contribution >= 4 is 43.1 Å². The number of rotatable bonds is 3. The minimum atomic E-state index is 0.0141. The highest BCUT2D eigenvalue weighted by molar-refractivity contribution is 7.18. The van der Waals surface area contributed by atoms with Crippen LogP contribution in [-0.2, 0) is 13.0 Å². The molecule has 4 aromatic rings. The van der Waals surface area contributed by atoms with E-state index in [1.165, 1.54) is 4.88 Å². The Morgan fingerprint density at radius 1 is 1.23 bits per heavy atom. The monoisotopic (exact) mass is 327 g/mol. The fourth-order valence-corrected chi connectivity index (χ4v) is 4.32. The number of thiazole rings is 1. The van der Waals surface area contributed by atoms with Crippen LogP contribution in [0.3, 0.4) is 0 Å². The molecular formula is C16H13N3OS2. The summed E-state index contributed by atoms with van der Waals surface area (Å²) in [7, 11) is 0. The highest BCUT2D eigenvalue weighted by Gasteiger charge is 2.10. The van der Waals surface area contributed by atoms with Crippen LogP contribution in [-0.4, -0.2) is 14.5 Å². The fraction of sp³-hybridized carbons (Fsp3) is 0.188. The molecule has 0 radical (unpaired) electrons. The highest BCUT2D eigenvalue weighted by Crippen LogP contribution is 2.23. The first-order valence-corrected chi connectivity index (χ1v) is 8.70. The first-order chi connectivity index (χ1) is 10.7. The molecule has 0 aliphatic rings. The van der Waals surface area contributed by atoms with E-state index < -0.39 is 0 Å². The maximum atomic E-state index is 12.6. The Labute approximate surface area is 134 Å². The Bertz CT molecular complexity index is 996. The van der Waals surface area contributed by atoms with Gasteiger partial charge >= 0.3 is 0 Å². The third kappa shape index (κ3) is 2.24. The van der Waals surface area contributed by atoms with Crippen molar-refractivity contribution in [3.8, 4) is 0 Å². The molecule has 0 unspecified atom stereocenters. The van der Waals surface area contributed by atoms with E-state index in [2.05, 4.69) is 16.9 Å². The van der Waals surface area contributed by atoms with Crippen LogP contribution in [0.15, 0.2) is 41.5 Å². The van der Waals surface area contributed by atoms with Crippen molar-refractivity contribution in [2.24, 2.45) is 0 Å². The third-order valence-corrected chi connectivity index (χ3v) is 5.77. The quantitative estimate of drug-likeness (QED) is 0.577. The summed E-state index contributed by atoms with van der Waals surface area (Å²) in [6.07, 6.45) is 2.56. The van der Waals surface area contributed by atoms with E-state index >= 15 is 0 Å². The third-order valence-electron chi connectivity index (χ3n) is 3.56. The molecule has 1 aromatic carbocycles. The van der Waals surface area contributed by atoms with Crippen LogP contribution >= 0.6 is 22.7 Å². The van der Waals surface area contributed by atoms with Crippen molar-refractivity contribution in [2.75, 3.05) is 0 Å². The van der Waals surface area contributed by atoms with E-state index in [0.29, 0.717) is 11.9 Å². The van der Waals surface area contributed by atoms with Crippen molar-refractivity contribution in [2.45, 2.75) is 19.9 Å². The Morgan fingerprint density at radius 3 is 2.91 bits per heavy atom. The molecule has 0 fully saturated rings. The molecule has 0 bridgehead atoms. The van der Waals surface area contributed by atoms with Gasteiger partial charge in [0.15, 0.2) is 0 Å². The molecule has 0 amide bonds. The van der Waals surface area contributed by atoms with Crippen molar-refractivity contribution in [1.29, 1.82) is 0 Å². The van der Waals surface area contributed by atoms with Gasteiger partial charge in [0.1, 0.15) is 9.84 Å². The number of nitrogens with zero attached hydrogens (tertiary/aromatic N) is 3. The Hall–Kier alpha value is -2.05. The van der Waals surface area contributed by atoms with E-state index in [4.69, 9.17) is 0 Å².